The van der Waals surface area contributed by atoms with Crippen molar-refractivity contribution < 1.29 is 0 Å². The van der Waals surface area contributed by atoms with E-state index in [1.165, 1.54) is 0 Å². The Hall–Kier alpha value is -1.26. The Kier molecular flexibility index (Phi) is 3.86. The number of hydrogen-bond donors (Lipinski definition) is 0. The third kappa shape index (κ3) is 2.70. The molecule has 0 N–H and O–H groups in total. The molecule has 17 heavy (non-hydrogen) atoms. The minimum atomic E-state index is 0.382. The first kappa shape index (κ1) is 12.2. The van der Waals surface area contributed by atoms with Crippen LogP contribution in [0.4, 0.5) is 0 Å². The lowest BCUT2D eigenvalue weighted by Crippen LogP contribution is -1.98. The minimum absolute atomic E-state index is 0.382. The van der Waals surface area contributed by atoms with Gasteiger partial charge in [0, 0.05) is 18.0 Å². The van der Waals surface area contributed by atoms with E-state index in [1.54, 1.807) is 18.6 Å². The van der Waals surface area contributed by atoms with Crippen molar-refractivity contribution in [3.05, 3.63) is 34.5 Å². The van der Waals surface area contributed by atoms with Gasteiger partial charge in [-0.1, -0.05) is 36.5 Å². The standard InChI is InChI=1S/C11H10Cl2N4/c1-2-3-7-9(12)16-11(17-10(7)13)8-6-14-4-5-15-8/h4-6H,2-3H2,1H3. The summed E-state index contributed by atoms with van der Waals surface area (Å²) in [5.41, 5.74) is 1.34. The number of halogens is 2. The van der Waals surface area contributed by atoms with Gasteiger partial charge < -0.3 is 0 Å². The topological polar surface area (TPSA) is 51.6 Å². The molecule has 0 unspecified atom stereocenters. The molecule has 0 aliphatic carbocycles. The van der Waals surface area contributed by atoms with Crippen molar-refractivity contribution in [2.45, 2.75) is 19.8 Å². The third-order valence-electron chi connectivity index (χ3n) is 2.20. The van der Waals surface area contributed by atoms with E-state index in [0.717, 1.165) is 18.4 Å². The smallest absolute Gasteiger partial charge is 0.182 e. The van der Waals surface area contributed by atoms with Crippen molar-refractivity contribution in [1.29, 1.82) is 0 Å². The van der Waals surface area contributed by atoms with Crippen LogP contribution in [0.2, 0.25) is 10.3 Å². The SMILES string of the molecule is CCCc1c(Cl)nc(-c2cnccn2)nc1Cl. The maximum atomic E-state index is 6.08. The molecule has 6 heteroatoms. The summed E-state index contributed by atoms with van der Waals surface area (Å²) in [6.07, 6.45) is 6.42. The normalized spacial score (nSPS) is 10.5. The van der Waals surface area contributed by atoms with E-state index in [-0.39, 0.29) is 0 Å². The Morgan fingerprint density at radius 1 is 1.12 bits per heavy atom. The molecular weight excluding hydrogens is 259 g/mol. The fourth-order valence-electron chi connectivity index (χ4n) is 1.42. The second-order valence-electron chi connectivity index (χ2n) is 3.45. The Bertz CT molecular complexity index is 493. The van der Waals surface area contributed by atoms with Gasteiger partial charge in [0.15, 0.2) is 5.82 Å². The van der Waals surface area contributed by atoms with Gasteiger partial charge in [0.05, 0.1) is 6.20 Å². The average Bonchev–Trinajstić information content (AvgIpc) is 2.35. The molecule has 0 saturated carbocycles. The van der Waals surface area contributed by atoms with E-state index in [9.17, 15) is 0 Å². The summed E-state index contributed by atoms with van der Waals surface area (Å²) in [7, 11) is 0. The van der Waals surface area contributed by atoms with Crippen molar-refractivity contribution >= 4 is 23.2 Å². The molecule has 0 amide bonds. The summed E-state index contributed by atoms with van der Waals surface area (Å²) < 4.78 is 0. The molecule has 0 radical (unpaired) electrons. The van der Waals surface area contributed by atoms with E-state index in [4.69, 9.17) is 23.2 Å². The van der Waals surface area contributed by atoms with Crippen molar-refractivity contribution in [3.63, 3.8) is 0 Å². The van der Waals surface area contributed by atoms with Gasteiger partial charge in [-0.05, 0) is 6.42 Å². The second kappa shape index (κ2) is 5.38. The Labute approximate surface area is 109 Å². The van der Waals surface area contributed by atoms with Gasteiger partial charge in [0.1, 0.15) is 16.0 Å². The van der Waals surface area contributed by atoms with Crippen LogP contribution in [0, 0.1) is 0 Å². The van der Waals surface area contributed by atoms with E-state index in [2.05, 4.69) is 19.9 Å². The zero-order valence-corrected chi connectivity index (χ0v) is 10.7. The zero-order chi connectivity index (χ0) is 12.3. The van der Waals surface area contributed by atoms with Gasteiger partial charge in [0.25, 0.3) is 0 Å². The molecule has 0 aliphatic rings. The molecule has 2 rings (SSSR count). The number of aromatic nitrogens is 4. The molecule has 2 aromatic rings. The Morgan fingerprint density at radius 3 is 2.35 bits per heavy atom. The molecule has 0 aromatic carbocycles. The highest BCUT2D eigenvalue weighted by molar-refractivity contribution is 6.34. The highest BCUT2D eigenvalue weighted by atomic mass is 35.5. The first-order chi connectivity index (χ1) is 8.22. The highest BCUT2D eigenvalue weighted by Crippen LogP contribution is 2.25. The van der Waals surface area contributed by atoms with E-state index >= 15 is 0 Å². The quantitative estimate of drug-likeness (QED) is 0.803. The minimum Gasteiger partial charge on any atom is -0.261 e. The molecule has 0 fully saturated rings. The molecule has 4 nitrogen and oxygen atoms in total. The second-order valence-corrected chi connectivity index (χ2v) is 4.16. The van der Waals surface area contributed by atoms with E-state index in [0.29, 0.717) is 21.8 Å². The molecule has 0 aliphatic heterocycles. The van der Waals surface area contributed by atoms with E-state index < -0.39 is 0 Å². The Balaban J connectivity index is 2.46. The summed E-state index contributed by atoms with van der Waals surface area (Å²) in [5.74, 6) is 0.396. The van der Waals surface area contributed by atoms with Gasteiger partial charge in [0.2, 0.25) is 0 Å². The Morgan fingerprint density at radius 2 is 1.82 bits per heavy atom. The lowest BCUT2D eigenvalue weighted by Gasteiger charge is -2.06. The van der Waals surface area contributed by atoms with Crippen LogP contribution in [0.3, 0.4) is 0 Å². The van der Waals surface area contributed by atoms with Crippen molar-refractivity contribution in [3.8, 4) is 11.5 Å². The molecule has 2 heterocycles. The molecule has 0 saturated heterocycles. The fraction of sp³-hybridized carbons (Fsp3) is 0.273. The third-order valence-corrected chi connectivity index (χ3v) is 2.82. The number of nitrogens with zero attached hydrogens (tertiary/aromatic N) is 4. The first-order valence-corrected chi connectivity index (χ1v) is 5.96. The van der Waals surface area contributed by atoms with Crippen LogP contribution in [0.5, 0.6) is 0 Å². The maximum Gasteiger partial charge on any atom is 0.182 e. The van der Waals surface area contributed by atoms with Crippen molar-refractivity contribution in [2.75, 3.05) is 0 Å². The summed E-state index contributed by atoms with van der Waals surface area (Å²) in [6.45, 7) is 2.04. The highest BCUT2D eigenvalue weighted by Gasteiger charge is 2.12. The molecular formula is C11H10Cl2N4. The van der Waals surface area contributed by atoms with Gasteiger partial charge in [-0.15, -0.1) is 0 Å². The van der Waals surface area contributed by atoms with Crippen LogP contribution < -0.4 is 0 Å². The molecule has 88 valence electrons. The molecule has 0 spiro atoms. The van der Waals surface area contributed by atoms with Gasteiger partial charge >= 0.3 is 0 Å². The first-order valence-electron chi connectivity index (χ1n) is 5.20. The fourth-order valence-corrected chi connectivity index (χ4v) is 1.99. The van der Waals surface area contributed by atoms with Crippen molar-refractivity contribution in [1.82, 2.24) is 19.9 Å². The maximum absolute atomic E-state index is 6.08. The molecule has 0 atom stereocenters. The summed E-state index contributed by atoms with van der Waals surface area (Å²) in [6, 6.07) is 0. The largest absolute Gasteiger partial charge is 0.261 e. The zero-order valence-electron chi connectivity index (χ0n) is 9.19. The van der Waals surface area contributed by atoms with Crippen LogP contribution >= 0.6 is 23.2 Å². The summed E-state index contributed by atoms with van der Waals surface area (Å²) in [5, 5.41) is 0.764. The lowest BCUT2D eigenvalue weighted by atomic mass is 10.2. The summed E-state index contributed by atoms with van der Waals surface area (Å²) >= 11 is 12.2. The molecule has 2 aromatic heterocycles. The number of rotatable bonds is 3. The van der Waals surface area contributed by atoms with Crippen LogP contribution in [0.25, 0.3) is 11.5 Å². The molecule has 0 bridgehead atoms. The monoisotopic (exact) mass is 268 g/mol. The van der Waals surface area contributed by atoms with Gasteiger partial charge in [-0.3, -0.25) is 4.98 Å². The van der Waals surface area contributed by atoms with Gasteiger partial charge in [-0.2, -0.15) is 0 Å². The van der Waals surface area contributed by atoms with Crippen LogP contribution in [-0.2, 0) is 6.42 Å². The number of hydrogen-bond acceptors (Lipinski definition) is 4. The van der Waals surface area contributed by atoms with Crippen LogP contribution in [0.15, 0.2) is 18.6 Å². The van der Waals surface area contributed by atoms with Crippen LogP contribution in [-0.4, -0.2) is 19.9 Å². The average molecular weight is 269 g/mol. The van der Waals surface area contributed by atoms with E-state index in [1.807, 2.05) is 6.92 Å². The van der Waals surface area contributed by atoms with Gasteiger partial charge in [-0.25, -0.2) is 15.0 Å². The summed E-state index contributed by atoms with van der Waals surface area (Å²) in [4.78, 5) is 16.4. The van der Waals surface area contributed by atoms with Crippen LogP contribution in [0.1, 0.15) is 18.9 Å². The lowest BCUT2D eigenvalue weighted by molar-refractivity contribution is 0.901. The van der Waals surface area contributed by atoms with Crippen molar-refractivity contribution in [2.24, 2.45) is 0 Å². The predicted molar refractivity (Wildman–Crippen MR) is 67.1 cm³/mol. The predicted octanol–water partition coefficient (Wildman–Crippen LogP) is 3.19.